The minimum absolute atomic E-state index is 0.0197. The fraction of sp³-hybridized carbons (Fsp3) is 0.667. The Bertz CT molecular complexity index is 427. The van der Waals surface area contributed by atoms with Gasteiger partial charge in [0.05, 0.1) is 0 Å². The second-order valence-electron chi connectivity index (χ2n) is 7.28. The van der Waals surface area contributed by atoms with Crippen LogP contribution in [0.5, 0.6) is 0 Å². The maximum absolute atomic E-state index is 6.64. The van der Waals surface area contributed by atoms with Crippen molar-refractivity contribution in [2.75, 3.05) is 0 Å². The van der Waals surface area contributed by atoms with E-state index >= 15 is 0 Å². The van der Waals surface area contributed by atoms with Crippen LogP contribution in [0.25, 0.3) is 0 Å². The van der Waals surface area contributed by atoms with Gasteiger partial charge in [-0.05, 0) is 61.1 Å². The van der Waals surface area contributed by atoms with Crippen LogP contribution in [0.2, 0.25) is 5.02 Å². The molecule has 1 aliphatic carbocycles. The Balaban J connectivity index is 1.96. The first kappa shape index (κ1) is 15.9. The van der Waals surface area contributed by atoms with E-state index in [1.54, 1.807) is 0 Å². The first-order valence-corrected chi connectivity index (χ1v) is 8.26. The zero-order valence-corrected chi connectivity index (χ0v) is 13.8. The summed E-state index contributed by atoms with van der Waals surface area (Å²) in [4.78, 5) is 0. The molecule has 1 aliphatic rings. The summed E-state index contributed by atoms with van der Waals surface area (Å²) in [5.41, 5.74) is 8.39. The quantitative estimate of drug-likeness (QED) is 0.810. The molecule has 0 amide bonds. The molecule has 0 unspecified atom stereocenters. The zero-order valence-electron chi connectivity index (χ0n) is 13.1. The fourth-order valence-electron chi connectivity index (χ4n) is 3.45. The summed E-state index contributed by atoms with van der Waals surface area (Å²) in [5, 5.41) is 0.799. The van der Waals surface area contributed by atoms with Crippen molar-refractivity contribution >= 4 is 11.6 Å². The summed E-state index contributed by atoms with van der Waals surface area (Å²) >= 11 is 5.94. The second kappa shape index (κ2) is 6.07. The molecule has 1 aromatic carbocycles. The second-order valence-corrected chi connectivity index (χ2v) is 7.72. The molecule has 0 bridgehead atoms. The maximum atomic E-state index is 6.64. The van der Waals surface area contributed by atoms with Gasteiger partial charge in [0.25, 0.3) is 0 Å². The van der Waals surface area contributed by atoms with Crippen LogP contribution in [0.15, 0.2) is 24.3 Å². The zero-order chi connectivity index (χ0) is 14.8. The molecule has 0 aromatic heterocycles. The van der Waals surface area contributed by atoms with Gasteiger partial charge in [0.2, 0.25) is 0 Å². The number of hydrogen-bond acceptors (Lipinski definition) is 1. The third-order valence-electron chi connectivity index (χ3n) is 5.47. The molecule has 2 N–H and O–H groups in total. The average Bonchev–Trinajstić information content (AvgIpc) is 2.42. The molecule has 1 saturated carbocycles. The number of rotatable bonds is 4. The van der Waals surface area contributed by atoms with Crippen LogP contribution in [0, 0.1) is 11.3 Å². The Morgan fingerprint density at radius 3 is 2.25 bits per heavy atom. The fourth-order valence-corrected chi connectivity index (χ4v) is 3.57. The molecular weight excluding hydrogens is 266 g/mol. The minimum atomic E-state index is -0.0197. The third-order valence-corrected chi connectivity index (χ3v) is 5.72. The van der Waals surface area contributed by atoms with Crippen molar-refractivity contribution in [3.05, 3.63) is 34.9 Å². The molecule has 0 heterocycles. The largest absolute Gasteiger partial charge is 0.325 e. The lowest BCUT2D eigenvalue weighted by Gasteiger charge is -2.43. The molecule has 20 heavy (non-hydrogen) atoms. The summed E-state index contributed by atoms with van der Waals surface area (Å²) in [6.07, 6.45) is 7.05. The summed E-state index contributed by atoms with van der Waals surface area (Å²) < 4.78 is 0. The van der Waals surface area contributed by atoms with Gasteiger partial charge in [-0.3, -0.25) is 0 Å². The van der Waals surface area contributed by atoms with Crippen LogP contribution in [0.1, 0.15) is 58.4 Å². The van der Waals surface area contributed by atoms with Crippen molar-refractivity contribution in [1.29, 1.82) is 0 Å². The molecule has 1 aromatic rings. The Labute approximate surface area is 128 Å². The third kappa shape index (κ3) is 3.77. The molecule has 0 aliphatic heterocycles. The van der Waals surface area contributed by atoms with Crippen molar-refractivity contribution in [3.8, 4) is 0 Å². The SMILES string of the molecule is CCC(C)(C)C1CCC(N)(Cc2ccc(Cl)cc2)CC1. The molecule has 0 saturated heterocycles. The highest BCUT2D eigenvalue weighted by Crippen LogP contribution is 2.43. The van der Waals surface area contributed by atoms with Gasteiger partial charge >= 0.3 is 0 Å². The number of hydrogen-bond donors (Lipinski definition) is 1. The highest BCUT2D eigenvalue weighted by molar-refractivity contribution is 6.30. The molecule has 0 spiro atoms. The predicted octanol–water partition coefficient (Wildman–Crippen LogP) is 5.21. The highest BCUT2D eigenvalue weighted by atomic mass is 35.5. The van der Waals surface area contributed by atoms with Gasteiger partial charge in [0.15, 0.2) is 0 Å². The Kier molecular flexibility index (Phi) is 4.81. The molecule has 0 radical (unpaired) electrons. The van der Waals surface area contributed by atoms with Gasteiger partial charge in [-0.25, -0.2) is 0 Å². The Hall–Kier alpha value is -0.530. The molecule has 2 rings (SSSR count). The van der Waals surface area contributed by atoms with Gasteiger partial charge in [-0.15, -0.1) is 0 Å². The number of halogens is 1. The van der Waals surface area contributed by atoms with E-state index in [0.29, 0.717) is 5.41 Å². The van der Waals surface area contributed by atoms with Crippen molar-refractivity contribution in [3.63, 3.8) is 0 Å². The summed E-state index contributed by atoms with van der Waals surface area (Å²) in [6.45, 7) is 7.11. The normalized spacial score (nSPS) is 27.6. The lowest BCUT2D eigenvalue weighted by molar-refractivity contribution is 0.115. The summed E-state index contributed by atoms with van der Waals surface area (Å²) in [7, 11) is 0. The summed E-state index contributed by atoms with van der Waals surface area (Å²) in [5.74, 6) is 0.828. The minimum Gasteiger partial charge on any atom is -0.325 e. The van der Waals surface area contributed by atoms with Crippen molar-refractivity contribution in [2.24, 2.45) is 17.1 Å². The lowest BCUT2D eigenvalue weighted by atomic mass is 9.65. The summed E-state index contributed by atoms with van der Waals surface area (Å²) in [6, 6.07) is 8.15. The monoisotopic (exact) mass is 293 g/mol. The lowest BCUT2D eigenvalue weighted by Crippen LogP contribution is -2.47. The van der Waals surface area contributed by atoms with E-state index in [1.807, 2.05) is 12.1 Å². The molecule has 1 fully saturated rings. The van der Waals surface area contributed by atoms with Gasteiger partial charge in [-0.1, -0.05) is 50.9 Å². The molecular formula is C18H28ClN. The van der Waals surface area contributed by atoms with E-state index in [1.165, 1.54) is 24.8 Å². The maximum Gasteiger partial charge on any atom is 0.0406 e. The molecule has 0 atom stereocenters. The van der Waals surface area contributed by atoms with E-state index in [-0.39, 0.29) is 5.54 Å². The van der Waals surface area contributed by atoms with E-state index in [0.717, 1.165) is 30.2 Å². The van der Waals surface area contributed by atoms with Crippen LogP contribution in [0.4, 0.5) is 0 Å². The smallest absolute Gasteiger partial charge is 0.0406 e. The number of nitrogens with two attached hydrogens (primary N) is 1. The van der Waals surface area contributed by atoms with Gasteiger partial charge in [-0.2, -0.15) is 0 Å². The van der Waals surface area contributed by atoms with E-state index < -0.39 is 0 Å². The standard InChI is InChI=1S/C18H28ClN/c1-4-17(2,3)15-9-11-18(20,12-10-15)13-14-5-7-16(19)8-6-14/h5-8,15H,4,9-13,20H2,1-3H3. The highest BCUT2D eigenvalue weighted by Gasteiger charge is 2.37. The van der Waals surface area contributed by atoms with Gasteiger partial charge < -0.3 is 5.73 Å². The van der Waals surface area contributed by atoms with Crippen LogP contribution in [-0.4, -0.2) is 5.54 Å². The van der Waals surface area contributed by atoms with Crippen LogP contribution in [-0.2, 0) is 6.42 Å². The van der Waals surface area contributed by atoms with Crippen LogP contribution >= 0.6 is 11.6 Å². The molecule has 1 nitrogen and oxygen atoms in total. The predicted molar refractivity (Wildman–Crippen MR) is 88.1 cm³/mol. The Morgan fingerprint density at radius 1 is 1.20 bits per heavy atom. The van der Waals surface area contributed by atoms with E-state index in [2.05, 4.69) is 32.9 Å². The van der Waals surface area contributed by atoms with Crippen molar-refractivity contribution < 1.29 is 0 Å². The van der Waals surface area contributed by atoms with Crippen LogP contribution < -0.4 is 5.73 Å². The van der Waals surface area contributed by atoms with Crippen LogP contribution in [0.3, 0.4) is 0 Å². The van der Waals surface area contributed by atoms with Gasteiger partial charge in [0.1, 0.15) is 0 Å². The Morgan fingerprint density at radius 2 is 1.75 bits per heavy atom. The molecule has 112 valence electrons. The number of benzene rings is 1. The topological polar surface area (TPSA) is 26.0 Å². The molecule has 2 heteroatoms. The van der Waals surface area contributed by atoms with Gasteiger partial charge in [0, 0.05) is 10.6 Å². The first-order valence-electron chi connectivity index (χ1n) is 7.88. The van der Waals surface area contributed by atoms with E-state index in [9.17, 15) is 0 Å². The van der Waals surface area contributed by atoms with Crippen molar-refractivity contribution in [2.45, 2.75) is 64.8 Å². The van der Waals surface area contributed by atoms with E-state index in [4.69, 9.17) is 17.3 Å². The first-order chi connectivity index (χ1) is 9.35. The van der Waals surface area contributed by atoms with Crippen molar-refractivity contribution in [1.82, 2.24) is 0 Å². The average molecular weight is 294 g/mol.